The minimum absolute atomic E-state index is 0.320. The van der Waals surface area contributed by atoms with Crippen LogP contribution in [-0.2, 0) is 0 Å². The van der Waals surface area contributed by atoms with E-state index in [0.29, 0.717) is 22.6 Å². The molecule has 0 aliphatic rings. The number of benzene rings is 1. The fraction of sp³-hybridized carbons (Fsp3) is 0.250. The van der Waals surface area contributed by atoms with Gasteiger partial charge in [-0.1, -0.05) is 0 Å². The van der Waals surface area contributed by atoms with Gasteiger partial charge >= 0.3 is 0 Å². The Bertz CT molecular complexity index is 540. The van der Waals surface area contributed by atoms with Gasteiger partial charge in [0.1, 0.15) is 5.82 Å². The van der Waals surface area contributed by atoms with Crippen molar-refractivity contribution in [3.05, 3.63) is 29.7 Å². The maximum atomic E-state index is 13.3. The summed E-state index contributed by atoms with van der Waals surface area (Å²) in [6.45, 7) is 1.71. The summed E-state index contributed by atoms with van der Waals surface area (Å²) < 4.78 is 23.7. The molecule has 0 N–H and O–H groups in total. The standard InChI is InChI=1S/C12H12FNO2/c1-7-8-4-11(15-2)12(16-3)5-10(8)14-6-9(7)13/h4-6H,1-3H3. The molecule has 0 unspecified atom stereocenters. The molecular formula is C12H12FNO2. The molecule has 0 spiro atoms. The number of aromatic nitrogens is 1. The quantitative estimate of drug-likeness (QED) is 0.781. The Balaban J connectivity index is 2.78. The highest BCUT2D eigenvalue weighted by molar-refractivity contribution is 5.85. The highest BCUT2D eigenvalue weighted by atomic mass is 19.1. The van der Waals surface area contributed by atoms with Crippen LogP contribution in [0, 0.1) is 12.7 Å². The zero-order chi connectivity index (χ0) is 11.7. The molecule has 0 bridgehead atoms. The number of hydrogen-bond acceptors (Lipinski definition) is 3. The highest BCUT2D eigenvalue weighted by Crippen LogP contribution is 2.32. The summed E-state index contributed by atoms with van der Waals surface area (Å²) in [5, 5.41) is 0.734. The van der Waals surface area contributed by atoms with Gasteiger partial charge < -0.3 is 9.47 Å². The minimum Gasteiger partial charge on any atom is -0.493 e. The van der Waals surface area contributed by atoms with Gasteiger partial charge in [0.05, 0.1) is 25.9 Å². The Labute approximate surface area is 92.8 Å². The van der Waals surface area contributed by atoms with Crippen LogP contribution in [0.25, 0.3) is 10.9 Å². The third-order valence-corrected chi connectivity index (χ3v) is 2.58. The first-order valence-electron chi connectivity index (χ1n) is 4.84. The molecule has 84 valence electrons. The number of pyridine rings is 1. The average molecular weight is 221 g/mol. The van der Waals surface area contributed by atoms with Crippen LogP contribution in [0.3, 0.4) is 0 Å². The first kappa shape index (κ1) is 10.7. The SMILES string of the molecule is COc1cc2ncc(F)c(C)c2cc1OC. The summed E-state index contributed by atoms with van der Waals surface area (Å²) in [4.78, 5) is 4.02. The summed E-state index contributed by atoms with van der Waals surface area (Å²) in [6, 6.07) is 3.47. The smallest absolute Gasteiger partial charge is 0.162 e. The number of nitrogens with zero attached hydrogens (tertiary/aromatic N) is 1. The number of fused-ring (bicyclic) bond motifs is 1. The predicted molar refractivity (Wildman–Crippen MR) is 59.5 cm³/mol. The second kappa shape index (κ2) is 3.96. The molecule has 1 aromatic carbocycles. The summed E-state index contributed by atoms with van der Waals surface area (Å²) >= 11 is 0. The molecular weight excluding hydrogens is 209 g/mol. The van der Waals surface area contributed by atoms with E-state index >= 15 is 0 Å². The van der Waals surface area contributed by atoms with Gasteiger partial charge in [-0.3, -0.25) is 4.98 Å². The molecule has 2 aromatic rings. The second-order valence-electron chi connectivity index (χ2n) is 3.46. The zero-order valence-corrected chi connectivity index (χ0v) is 9.37. The molecule has 0 amide bonds. The molecule has 0 fully saturated rings. The minimum atomic E-state index is -0.320. The number of halogens is 1. The number of aryl methyl sites for hydroxylation is 1. The molecule has 2 rings (SSSR count). The maximum absolute atomic E-state index is 13.3. The van der Waals surface area contributed by atoms with E-state index in [4.69, 9.17) is 9.47 Å². The largest absolute Gasteiger partial charge is 0.493 e. The van der Waals surface area contributed by atoms with Gasteiger partial charge in [0.2, 0.25) is 0 Å². The summed E-state index contributed by atoms with van der Waals surface area (Å²) in [5.74, 6) is 0.846. The lowest BCUT2D eigenvalue weighted by Gasteiger charge is -2.10. The Morgan fingerprint density at radius 1 is 1.12 bits per heavy atom. The molecule has 0 aliphatic carbocycles. The van der Waals surface area contributed by atoms with Crippen molar-refractivity contribution in [2.24, 2.45) is 0 Å². The van der Waals surface area contributed by atoms with E-state index in [0.717, 1.165) is 5.39 Å². The van der Waals surface area contributed by atoms with Crippen molar-refractivity contribution in [2.45, 2.75) is 6.92 Å². The molecule has 1 aromatic heterocycles. The Kier molecular flexibility index (Phi) is 2.64. The molecule has 0 saturated carbocycles. The average Bonchev–Trinajstić information content (AvgIpc) is 2.32. The third-order valence-electron chi connectivity index (χ3n) is 2.58. The van der Waals surface area contributed by atoms with Crippen molar-refractivity contribution in [1.29, 1.82) is 0 Å². The van der Waals surface area contributed by atoms with Crippen molar-refractivity contribution in [1.82, 2.24) is 4.98 Å². The number of methoxy groups -OCH3 is 2. The summed E-state index contributed by atoms with van der Waals surface area (Å²) in [7, 11) is 3.10. The topological polar surface area (TPSA) is 31.4 Å². The van der Waals surface area contributed by atoms with Crippen molar-refractivity contribution in [2.75, 3.05) is 14.2 Å². The molecule has 0 aliphatic heterocycles. The summed E-state index contributed by atoms with van der Waals surface area (Å²) in [5.41, 5.74) is 1.25. The van der Waals surface area contributed by atoms with Crippen LogP contribution in [-0.4, -0.2) is 19.2 Å². The van der Waals surface area contributed by atoms with Crippen molar-refractivity contribution in [3.63, 3.8) is 0 Å². The lowest BCUT2D eigenvalue weighted by atomic mass is 10.1. The fourth-order valence-electron chi connectivity index (χ4n) is 1.63. The highest BCUT2D eigenvalue weighted by Gasteiger charge is 2.10. The van der Waals surface area contributed by atoms with Crippen LogP contribution in [0.5, 0.6) is 11.5 Å². The van der Waals surface area contributed by atoms with Crippen LogP contribution >= 0.6 is 0 Å². The van der Waals surface area contributed by atoms with Crippen LogP contribution in [0.2, 0.25) is 0 Å². The van der Waals surface area contributed by atoms with Crippen LogP contribution in [0.4, 0.5) is 4.39 Å². The first-order chi connectivity index (χ1) is 7.67. The second-order valence-corrected chi connectivity index (χ2v) is 3.46. The molecule has 0 radical (unpaired) electrons. The predicted octanol–water partition coefficient (Wildman–Crippen LogP) is 2.70. The Morgan fingerprint density at radius 3 is 2.38 bits per heavy atom. The van der Waals surface area contributed by atoms with E-state index in [1.807, 2.05) is 0 Å². The van der Waals surface area contributed by atoms with Gasteiger partial charge in [-0.05, 0) is 18.6 Å². The lowest BCUT2D eigenvalue weighted by Crippen LogP contribution is -1.94. The number of ether oxygens (including phenoxy) is 2. The van der Waals surface area contributed by atoms with E-state index in [1.54, 1.807) is 33.3 Å². The van der Waals surface area contributed by atoms with Gasteiger partial charge in [0.15, 0.2) is 11.5 Å². The van der Waals surface area contributed by atoms with E-state index < -0.39 is 0 Å². The molecule has 4 heteroatoms. The van der Waals surface area contributed by atoms with Crippen LogP contribution < -0.4 is 9.47 Å². The van der Waals surface area contributed by atoms with E-state index in [2.05, 4.69) is 4.98 Å². The van der Waals surface area contributed by atoms with Crippen molar-refractivity contribution in [3.8, 4) is 11.5 Å². The normalized spacial score (nSPS) is 10.5. The van der Waals surface area contributed by atoms with Gasteiger partial charge in [-0.25, -0.2) is 4.39 Å². The summed E-state index contributed by atoms with van der Waals surface area (Å²) in [6.07, 6.45) is 1.21. The van der Waals surface area contributed by atoms with Gasteiger partial charge in [-0.15, -0.1) is 0 Å². The number of rotatable bonds is 2. The molecule has 16 heavy (non-hydrogen) atoms. The monoisotopic (exact) mass is 221 g/mol. The van der Waals surface area contributed by atoms with E-state index in [1.165, 1.54) is 6.20 Å². The Morgan fingerprint density at radius 2 is 1.75 bits per heavy atom. The Hall–Kier alpha value is -1.84. The van der Waals surface area contributed by atoms with Crippen molar-refractivity contribution >= 4 is 10.9 Å². The lowest BCUT2D eigenvalue weighted by molar-refractivity contribution is 0.355. The van der Waals surface area contributed by atoms with Gasteiger partial charge in [0.25, 0.3) is 0 Å². The maximum Gasteiger partial charge on any atom is 0.162 e. The first-order valence-corrected chi connectivity index (χ1v) is 4.84. The number of hydrogen-bond donors (Lipinski definition) is 0. The zero-order valence-electron chi connectivity index (χ0n) is 9.37. The molecule has 3 nitrogen and oxygen atoms in total. The van der Waals surface area contributed by atoms with E-state index in [9.17, 15) is 4.39 Å². The van der Waals surface area contributed by atoms with Gasteiger partial charge in [0, 0.05) is 11.5 Å². The molecule has 0 atom stereocenters. The van der Waals surface area contributed by atoms with Crippen molar-refractivity contribution < 1.29 is 13.9 Å². The van der Waals surface area contributed by atoms with Gasteiger partial charge in [-0.2, -0.15) is 0 Å². The van der Waals surface area contributed by atoms with E-state index in [-0.39, 0.29) is 5.82 Å². The van der Waals surface area contributed by atoms with Crippen LogP contribution in [0.15, 0.2) is 18.3 Å². The van der Waals surface area contributed by atoms with Crippen LogP contribution in [0.1, 0.15) is 5.56 Å². The fourth-order valence-corrected chi connectivity index (χ4v) is 1.63. The molecule has 0 saturated heterocycles. The third kappa shape index (κ3) is 1.56. The molecule has 1 heterocycles.